The fourth-order valence-corrected chi connectivity index (χ4v) is 1.28. The number of hydrogen-bond donors (Lipinski definition) is 0. The molecule has 0 saturated carbocycles. The molecule has 18 heavy (non-hydrogen) atoms. The van der Waals surface area contributed by atoms with Crippen molar-refractivity contribution >= 4 is 17.7 Å². The van der Waals surface area contributed by atoms with Crippen LogP contribution in [0.15, 0.2) is 23.8 Å². The zero-order valence-electron chi connectivity index (χ0n) is 9.97. The van der Waals surface area contributed by atoms with Crippen LogP contribution in [0.2, 0.25) is 0 Å². The van der Waals surface area contributed by atoms with Crippen molar-refractivity contribution in [1.29, 1.82) is 0 Å². The molecule has 0 spiro atoms. The van der Waals surface area contributed by atoms with E-state index in [1.54, 1.807) is 6.92 Å². The molecule has 0 amide bonds. The van der Waals surface area contributed by atoms with Crippen LogP contribution in [0.25, 0.3) is 6.08 Å². The lowest BCUT2D eigenvalue weighted by Crippen LogP contribution is -2.05. The van der Waals surface area contributed by atoms with E-state index in [0.29, 0.717) is 0 Å². The third-order valence-electron chi connectivity index (χ3n) is 2.16. The molecule has 0 aromatic heterocycles. The lowest BCUT2D eigenvalue weighted by atomic mass is 10.1. The predicted molar refractivity (Wildman–Crippen MR) is 63.3 cm³/mol. The highest BCUT2D eigenvalue weighted by Crippen LogP contribution is 2.19. The van der Waals surface area contributed by atoms with Crippen molar-refractivity contribution in [3.8, 4) is 0 Å². The SMILES string of the molecule is CCOC(=O)/C(C)=C/c1ccc([N+](=O)[O-])cc1F. The molecule has 0 saturated heterocycles. The summed E-state index contributed by atoms with van der Waals surface area (Å²) in [5.74, 6) is -1.30. The number of ether oxygens (including phenoxy) is 1. The molecule has 0 atom stereocenters. The summed E-state index contributed by atoms with van der Waals surface area (Å²) < 4.78 is 18.3. The van der Waals surface area contributed by atoms with Gasteiger partial charge in [0.2, 0.25) is 0 Å². The molecular weight excluding hydrogens is 241 g/mol. The van der Waals surface area contributed by atoms with E-state index >= 15 is 0 Å². The van der Waals surface area contributed by atoms with Crippen LogP contribution in [-0.4, -0.2) is 17.5 Å². The summed E-state index contributed by atoms with van der Waals surface area (Å²) in [7, 11) is 0. The molecule has 0 radical (unpaired) electrons. The van der Waals surface area contributed by atoms with E-state index in [1.165, 1.54) is 25.1 Å². The number of carbonyl (C=O) groups excluding carboxylic acids is 1. The van der Waals surface area contributed by atoms with Crippen molar-refractivity contribution in [2.45, 2.75) is 13.8 Å². The molecule has 1 aromatic rings. The number of esters is 1. The monoisotopic (exact) mass is 253 g/mol. The Labute approximate surface area is 103 Å². The van der Waals surface area contributed by atoms with Gasteiger partial charge in [0.25, 0.3) is 5.69 Å². The van der Waals surface area contributed by atoms with Gasteiger partial charge in [-0.2, -0.15) is 0 Å². The van der Waals surface area contributed by atoms with Crippen LogP contribution in [0.1, 0.15) is 19.4 Å². The highest BCUT2D eigenvalue weighted by molar-refractivity contribution is 5.93. The first-order valence-corrected chi connectivity index (χ1v) is 5.25. The van der Waals surface area contributed by atoms with Gasteiger partial charge in [0.1, 0.15) is 5.82 Å². The van der Waals surface area contributed by atoms with Gasteiger partial charge in [-0.15, -0.1) is 0 Å². The minimum atomic E-state index is -0.757. The van der Waals surface area contributed by atoms with E-state index < -0.39 is 16.7 Å². The molecule has 1 rings (SSSR count). The van der Waals surface area contributed by atoms with Gasteiger partial charge in [0.15, 0.2) is 0 Å². The van der Waals surface area contributed by atoms with Gasteiger partial charge in [-0.05, 0) is 26.0 Å². The van der Waals surface area contributed by atoms with Gasteiger partial charge < -0.3 is 4.74 Å². The largest absolute Gasteiger partial charge is 0.463 e. The first-order chi connectivity index (χ1) is 8.45. The highest BCUT2D eigenvalue weighted by atomic mass is 19.1. The van der Waals surface area contributed by atoms with Crippen molar-refractivity contribution in [3.63, 3.8) is 0 Å². The van der Waals surface area contributed by atoms with E-state index in [2.05, 4.69) is 0 Å². The third-order valence-corrected chi connectivity index (χ3v) is 2.16. The standard InChI is InChI=1S/C12H12FNO4/c1-3-18-12(15)8(2)6-9-4-5-10(14(16)17)7-11(9)13/h4-7H,3H2,1-2H3/b8-6+. The first-order valence-electron chi connectivity index (χ1n) is 5.25. The van der Waals surface area contributed by atoms with Crippen LogP contribution >= 0.6 is 0 Å². The summed E-state index contributed by atoms with van der Waals surface area (Å²) >= 11 is 0. The van der Waals surface area contributed by atoms with Gasteiger partial charge in [-0.3, -0.25) is 10.1 Å². The Kier molecular flexibility index (Phi) is 4.53. The summed E-state index contributed by atoms with van der Waals surface area (Å²) in [6, 6.07) is 3.23. The Morgan fingerprint density at radius 1 is 1.56 bits per heavy atom. The van der Waals surface area contributed by atoms with E-state index in [9.17, 15) is 19.3 Å². The van der Waals surface area contributed by atoms with Crippen molar-refractivity contribution in [3.05, 3.63) is 45.3 Å². The average molecular weight is 253 g/mol. The van der Waals surface area contributed by atoms with Crippen molar-refractivity contribution in [1.82, 2.24) is 0 Å². The van der Waals surface area contributed by atoms with Crippen LogP contribution in [0.5, 0.6) is 0 Å². The number of nitrogens with zero attached hydrogens (tertiary/aromatic N) is 1. The molecule has 96 valence electrons. The molecule has 0 aliphatic heterocycles. The number of carbonyl (C=O) groups is 1. The lowest BCUT2D eigenvalue weighted by molar-refractivity contribution is -0.385. The van der Waals surface area contributed by atoms with Crippen LogP contribution in [0.4, 0.5) is 10.1 Å². The number of non-ortho nitro benzene ring substituents is 1. The predicted octanol–water partition coefficient (Wildman–Crippen LogP) is 2.70. The molecule has 0 aliphatic rings. The maximum atomic E-state index is 13.5. The fourth-order valence-electron chi connectivity index (χ4n) is 1.28. The highest BCUT2D eigenvalue weighted by Gasteiger charge is 2.11. The van der Waals surface area contributed by atoms with Gasteiger partial charge in [0.05, 0.1) is 17.6 Å². The summed E-state index contributed by atoms with van der Waals surface area (Å²) in [6.45, 7) is 3.38. The second kappa shape index (κ2) is 5.90. The van der Waals surface area contributed by atoms with Crippen molar-refractivity contribution in [2.75, 3.05) is 6.61 Å². The molecule has 0 fully saturated rings. The second-order valence-electron chi connectivity index (χ2n) is 3.51. The molecule has 0 unspecified atom stereocenters. The number of benzene rings is 1. The molecule has 6 heteroatoms. The minimum absolute atomic E-state index is 0.103. The minimum Gasteiger partial charge on any atom is -0.463 e. The maximum absolute atomic E-state index is 13.5. The lowest BCUT2D eigenvalue weighted by Gasteiger charge is -2.02. The zero-order valence-corrected chi connectivity index (χ0v) is 9.97. The molecule has 0 aliphatic carbocycles. The molecule has 0 N–H and O–H groups in total. The molecular formula is C12H12FNO4. The average Bonchev–Trinajstić information content (AvgIpc) is 2.31. The fraction of sp³-hybridized carbons (Fsp3) is 0.250. The van der Waals surface area contributed by atoms with E-state index in [-0.39, 0.29) is 23.4 Å². The third kappa shape index (κ3) is 3.38. The summed E-state index contributed by atoms with van der Waals surface area (Å²) in [4.78, 5) is 21.1. The van der Waals surface area contributed by atoms with Crippen LogP contribution in [0, 0.1) is 15.9 Å². The quantitative estimate of drug-likeness (QED) is 0.358. The van der Waals surface area contributed by atoms with E-state index in [1.807, 2.05) is 0 Å². The van der Waals surface area contributed by atoms with Crippen LogP contribution < -0.4 is 0 Å². The normalized spacial score (nSPS) is 11.2. The van der Waals surface area contributed by atoms with Crippen molar-refractivity contribution in [2.24, 2.45) is 0 Å². The topological polar surface area (TPSA) is 69.4 Å². The number of nitro groups is 1. The Morgan fingerprint density at radius 2 is 2.22 bits per heavy atom. The molecule has 0 bridgehead atoms. The molecule has 0 heterocycles. The smallest absolute Gasteiger partial charge is 0.333 e. The zero-order chi connectivity index (χ0) is 13.7. The molecule has 1 aromatic carbocycles. The Balaban J connectivity index is 3.01. The molecule has 5 nitrogen and oxygen atoms in total. The second-order valence-corrected chi connectivity index (χ2v) is 3.51. The summed E-state index contributed by atoms with van der Waals surface area (Å²) in [5, 5.41) is 10.4. The van der Waals surface area contributed by atoms with E-state index in [0.717, 1.165) is 6.07 Å². The van der Waals surface area contributed by atoms with Gasteiger partial charge in [-0.25, -0.2) is 9.18 Å². The van der Waals surface area contributed by atoms with Crippen LogP contribution in [0.3, 0.4) is 0 Å². The van der Waals surface area contributed by atoms with Crippen LogP contribution in [-0.2, 0) is 9.53 Å². The number of hydrogen-bond acceptors (Lipinski definition) is 4. The summed E-state index contributed by atoms with van der Waals surface area (Å²) in [5.41, 5.74) is -0.00538. The van der Waals surface area contributed by atoms with Gasteiger partial charge in [0, 0.05) is 17.2 Å². The Hall–Kier alpha value is -2.24. The number of nitro benzene ring substituents is 1. The summed E-state index contributed by atoms with van der Waals surface area (Å²) in [6.07, 6.45) is 1.29. The van der Waals surface area contributed by atoms with Gasteiger partial charge >= 0.3 is 5.97 Å². The maximum Gasteiger partial charge on any atom is 0.333 e. The first kappa shape index (κ1) is 13.8. The Morgan fingerprint density at radius 3 is 2.72 bits per heavy atom. The number of halogens is 1. The van der Waals surface area contributed by atoms with E-state index in [4.69, 9.17) is 4.74 Å². The number of rotatable bonds is 4. The van der Waals surface area contributed by atoms with Gasteiger partial charge in [-0.1, -0.05) is 0 Å². The van der Waals surface area contributed by atoms with Crippen molar-refractivity contribution < 1.29 is 18.8 Å². The Bertz CT molecular complexity index is 511.